The van der Waals surface area contributed by atoms with Gasteiger partial charge in [0.2, 0.25) is 0 Å². The second kappa shape index (κ2) is 6.02. The summed E-state index contributed by atoms with van der Waals surface area (Å²) in [6.45, 7) is 11.8. The van der Waals surface area contributed by atoms with E-state index in [9.17, 15) is 0 Å². The van der Waals surface area contributed by atoms with Crippen LogP contribution in [0.15, 0.2) is 24.3 Å². The molecule has 1 aromatic rings. The molecule has 0 spiro atoms. The van der Waals surface area contributed by atoms with Crippen molar-refractivity contribution in [2.24, 2.45) is 5.92 Å². The van der Waals surface area contributed by atoms with Crippen molar-refractivity contribution in [1.82, 2.24) is 0 Å². The summed E-state index contributed by atoms with van der Waals surface area (Å²) >= 11 is 0. The molecule has 0 aromatic heterocycles. The van der Waals surface area contributed by atoms with Gasteiger partial charge in [-0.2, -0.15) is 0 Å². The maximum absolute atomic E-state index is 6.68. The van der Waals surface area contributed by atoms with Crippen molar-refractivity contribution in [2.75, 3.05) is 7.11 Å². The molecule has 0 unspecified atom stereocenters. The Kier molecular flexibility index (Phi) is 4.50. The summed E-state index contributed by atoms with van der Waals surface area (Å²) in [5, 5.41) is 0. The molecule has 1 fully saturated rings. The SMILES string of the molecule is CC[Si](CC)(CC)[C@H]1c2ccccc2[C@H]2O[C@@H]1[C@@](C)(OC)[C@@H]2C. The molecule has 2 nitrogen and oxygen atoms in total. The normalized spacial score (nSPS) is 36.1. The van der Waals surface area contributed by atoms with E-state index < -0.39 is 8.07 Å². The van der Waals surface area contributed by atoms with Gasteiger partial charge in [-0.3, -0.25) is 0 Å². The van der Waals surface area contributed by atoms with Gasteiger partial charge >= 0.3 is 0 Å². The third-order valence-electron chi connectivity index (χ3n) is 7.37. The fraction of sp³-hybridized carbons (Fsp3) is 0.700. The highest BCUT2D eigenvalue weighted by Gasteiger charge is 2.62. The number of methoxy groups -OCH3 is 1. The molecule has 3 heteroatoms. The molecule has 128 valence electrons. The van der Waals surface area contributed by atoms with Gasteiger partial charge in [-0.05, 0) is 18.1 Å². The van der Waals surface area contributed by atoms with Crippen molar-refractivity contribution in [3.63, 3.8) is 0 Å². The molecule has 5 atom stereocenters. The van der Waals surface area contributed by atoms with Crippen molar-refractivity contribution >= 4 is 8.07 Å². The maximum Gasteiger partial charge on any atom is 0.0968 e. The highest BCUT2D eigenvalue weighted by molar-refractivity contribution is 6.81. The minimum absolute atomic E-state index is 0.188. The Labute approximate surface area is 142 Å². The fourth-order valence-electron chi connectivity index (χ4n) is 5.30. The zero-order valence-corrected chi connectivity index (χ0v) is 16.6. The molecule has 2 heterocycles. The molecule has 23 heavy (non-hydrogen) atoms. The van der Waals surface area contributed by atoms with Crippen LogP contribution in [-0.4, -0.2) is 26.9 Å². The zero-order valence-electron chi connectivity index (χ0n) is 15.6. The van der Waals surface area contributed by atoms with Gasteiger partial charge in [0, 0.05) is 18.6 Å². The highest BCUT2D eigenvalue weighted by atomic mass is 28.3. The first kappa shape index (κ1) is 17.2. The van der Waals surface area contributed by atoms with E-state index in [4.69, 9.17) is 9.47 Å². The lowest BCUT2D eigenvalue weighted by Crippen LogP contribution is -2.54. The Morgan fingerprint density at radius 2 is 1.65 bits per heavy atom. The largest absolute Gasteiger partial charge is 0.375 e. The van der Waals surface area contributed by atoms with E-state index in [1.54, 1.807) is 5.56 Å². The maximum atomic E-state index is 6.68. The van der Waals surface area contributed by atoms with E-state index in [1.807, 2.05) is 7.11 Å². The smallest absolute Gasteiger partial charge is 0.0968 e. The van der Waals surface area contributed by atoms with Crippen LogP contribution in [0.5, 0.6) is 0 Å². The van der Waals surface area contributed by atoms with Gasteiger partial charge in [0.15, 0.2) is 0 Å². The number of rotatable bonds is 5. The van der Waals surface area contributed by atoms with Gasteiger partial charge in [-0.15, -0.1) is 0 Å². The quantitative estimate of drug-likeness (QED) is 0.680. The van der Waals surface area contributed by atoms with Crippen LogP contribution in [0.25, 0.3) is 0 Å². The van der Waals surface area contributed by atoms with Gasteiger partial charge in [0.05, 0.1) is 25.9 Å². The molecule has 1 saturated heterocycles. The Morgan fingerprint density at radius 1 is 1.09 bits per heavy atom. The van der Waals surface area contributed by atoms with Gasteiger partial charge in [-0.25, -0.2) is 0 Å². The summed E-state index contributed by atoms with van der Waals surface area (Å²) in [7, 11) is 0.406. The number of benzene rings is 1. The Hall–Kier alpha value is -0.643. The summed E-state index contributed by atoms with van der Waals surface area (Å²) in [6, 6.07) is 13.0. The van der Waals surface area contributed by atoms with Crippen molar-refractivity contribution in [2.45, 2.75) is 76.1 Å². The van der Waals surface area contributed by atoms with Crippen LogP contribution in [0.2, 0.25) is 18.1 Å². The van der Waals surface area contributed by atoms with E-state index in [2.05, 4.69) is 58.9 Å². The summed E-state index contributed by atoms with van der Waals surface area (Å²) in [4.78, 5) is 0. The molecule has 2 bridgehead atoms. The van der Waals surface area contributed by atoms with Crippen molar-refractivity contribution in [3.05, 3.63) is 35.4 Å². The summed E-state index contributed by atoms with van der Waals surface area (Å²) in [6.07, 6.45) is 0.392. The van der Waals surface area contributed by atoms with Crippen LogP contribution < -0.4 is 0 Å². The Bertz CT molecular complexity index is 560. The van der Waals surface area contributed by atoms with Crippen LogP contribution in [0.3, 0.4) is 0 Å². The molecule has 0 amide bonds. The molecule has 3 rings (SSSR count). The van der Waals surface area contributed by atoms with Crippen molar-refractivity contribution in [1.29, 1.82) is 0 Å². The van der Waals surface area contributed by atoms with Gasteiger partial charge in [0.1, 0.15) is 0 Å². The van der Waals surface area contributed by atoms with Crippen LogP contribution >= 0.6 is 0 Å². The Morgan fingerprint density at radius 3 is 2.17 bits per heavy atom. The van der Waals surface area contributed by atoms with E-state index >= 15 is 0 Å². The molecule has 0 N–H and O–H groups in total. The first-order chi connectivity index (χ1) is 11.0. The second-order valence-electron chi connectivity index (χ2n) is 7.68. The van der Waals surface area contributed by atoms with Gasteiger partial charge in [-0.1, -0.05) is 70.1 Å². The number of ether oxygens (including phenoxy) is 2. The summed E-state index contributed by atoms with van der Waals surface area (Å²) < 4.78 is 12.8. The Balaban J connectivity index is 2.22. The van der Waals surface area contributed by atoms with Gasteiger partial charge < -0.3 is 9.47 Å². The van der Waals surface area contributed by atoms with Crippen molar-refractivity contribution in [3.8, 4) is 0 Å². The van der Waals surface area contributed by atoms with E-state index in [0.29, 0.717) is 11.5 Å². The summed E-state index contributed by atoms with van der Waals surface area (Å²) in [5.41, 5.74) is 3.35. The van der Waals surface area contributed by atoms with E-state index in [0.717, 1.165) is 0 Å². The molecule has 2 aliphatic heterocycles. The minimum atomic E-state index is -1.46. The lowest BCUT2D eigenvalue weighted by molar-refractivity contribution is -0.0768. The number of hydrogen-bond acceptors (Lipinski definition) is 2. The lowest BCUT2D eigenvalue weighted by Gasteiger charge is -2.47. The zero-order chi connectivity index (χ0) is 16.8. The fourth-order valence-corrected chi connectivity index (χ4v) is 10.1. The molecule has 0 aliphatic carbocycles. The number of fused-ring (bicyclic) bond motifs is 4. The predicted molar refractivity (Wildman–Crippen MR) is 98.6 cm³/mol. The standard InChI is InChI=1S/C20H32O2Si/c1-7-23(8-2,9-3)18-16-13-11-10-12-15(16)17-14(4)20(5,21-6)19(18)22-17/h10-14,17-19H,7-9H2,1-6H3/t14-,17+,18+,19+,20+/m1/s1. The monoisotopic (exact) mass is 332 g/mol. The van der Waals surface area contributed by atoms with Gasteiger partial charge in [0.25, 0.3) is 0 Å². The first-order valence-electron chi connectivity index (χ1n) is 9.28. The molecule has 0 saturated carbocycles. The molecular formula is C20H32O2Si. The molecular weight excluding hydrogens is 300 g/mol. The van der Waals surface area contributed by atoms with Crippen LogP contribution in [0.4, 0.5) is 0 Å². The minimum Gasteiger partial charge on any atom is -0.375 e. The molecule has 0 radical (unpaired) electrons. The highest BCUT2D eigenvalue weighted by Crippen LogP contribution is 2.59. The molecule has 2 aliphatic rings. The topological polar surface area (TPSA) is 18.5 Å². The third-order valence-corrected chi connectivity index (χ3v) is 13.5. The summed E-state index contributed by atoms with van der Waals surface area (Å²) in [5.74, 6) is 0.390. The van der Waals surface area contributed by atoms with Crippen LogP contribution in [-0.2, 0) is 9.47 Å². The number of hydrogen-bond donors (Lipinski definition) is 0. The predicted octanol–water partition coefficient (Wildman–Crippen LogP) is 5.31. The lowest BCUT2D eigenvalue weighted by atomic mass is 9.85. The average Bonchev–Trinajstić information content (AvgIpc) is 2.82. The molecule has 1 aromatic carbocycles. The third kappa shape index (κ3) is 2.20. The average molecular weight is 333 g/mol. The van der Waals surface area contributed by atoms with E-state index in [1.165, 1.54) is 23.7 Å². The van der Waals surface area contributed by atoms with Crippen molar-refractivity contribution < 1.29 is 9.47 Å². The van der Waals surface area contributed by atoms with Crippen LogP contribution in [0, 0.1) is 5.92 Å². The second-order valence-corrected chi connectivity index (χ2v) is 13.2. The van der Waals surface area contributed by atoms with E-state index in [-0.39, 0.29) is 17.8 Å². The van der Waals surface area contributed by atoms with Crippen LogP contribution in [0.1, 0.15) is 57.4 Å². The first-order valence-corrected chi connectivity index (χ1v) is 12.0.